The Kier molecular flexibility index (Phi) is 8.26. The van der Waals surface area contributed by atoms with Gasteiger partial charge in [0, 0.05) is 19.2 Å². The highest BCUT2D eigenvalue weighted by atomic mass is 16.5. The lowest BCUT2D eigenvalue weighted by atomic mass is 10.1. The summed E-state index contributed by atoms with van der Waals surface area (Å²) in [6.45, 7) is 9.90. The predicted octanol–water partition coefficient (Wildman–Crippen LogP) is 1.80. The van der Waals surface area contributed by atoms with Crippen LogP contribution in [-0.4, -0.2) is 37.6 Å². The molecule has 0 aromatic heterocycles. The van der Waals surface area contributed by atoms with Crippen molar-refractivity contribution in [3.63, 3.8) is 0 Å². The molecule has 0 saturated heterocycles. The first-order valence-corrected chi connectivity index (χ1v) is 8.24. The Morgan fingerprint density at radius 1 is 1.21 bits per heavy atom. The Balaban J connectivity index is 2.62. The van der Waals surface area contributed by atoms with Crippen molar-refractivity contribution >= 4 is 11.9 Å². The van der Waals surface area contributed by atoms with Crippen LogP contribution in [0.15, 0.2) is 29.3 Å². The van der Waals surface area contributed by atoms with Crippen molar-refractivity contribution in [1.82, 2.24) is 16.0 Å². The van der Waals surface area contributed by atoms with Gasteiger partial charge in [-0.25, -0.2) is 4.99 Å². The number of hydrogen-bond donors (Lipinski definition) is 3. The highest BCUT2D eigenvalue weighted by Gasteiger charge is 2.13. The van der Waals surface area contributed by atoms with E-state index in [-0.39, 0.29) is 18.0 Å². The van der Waals surface area contributed by atoms with Gasteiger partial charge >= 0.3 is 0 Å². The topological polar surface area (TPSA) is 74.8 Å². The highest BCUT2D eigenvalue weighted by Crippen LogP contribution is 2.07. The maximum Gasteiger partial charge on any atom is 0.239 e. The van der Waals surface area contributed by atoms with E-state index < -0.39 is 0 Å². The molecule has 6 heteroatoms. The zero-order valence-electron chi connectivity index (χ0n) is 15.4. The molecule has 0 spiro atoms. The van der Waals surface area contributed by atoms with Crippen LogP contribution >= 0.6 is 0 Å². The molecule has 3 N–H and O–H groups in total. The molecule has 0 saturated carbocycles. The summed E-state index contributed by atoms with van der Waals surface area (Å²) in [6, 6.07) is 8.12. The summed E-state index contributed by atoms with van der Waals surface area (Å²) < 4.78 is 5.15. The van der Waals surface area contributed by atoms with Crippen LogP contribution in [0.2, 0.25) is 0 Å². The smallest absolute Gasteiger partial charge is 0.239 e. The van der Waals surface area contributed by atoms with Gasteiger partial charge < -0.3 is 20.7 Å². The second kappa shape index (κ2) is 9.93. The maximum atomic E-state index is 11.9. The third kappa shape index (κ3) is 8.53. The van der Waals surface area contributed by atoms with Gasteiger partial charge in [0.25, 0.3) is 0 Å². The number of carbonyl (C=O) groups is 1. The molecule has 6 nitrogen and oxygen atoms in total. The summed E-state index contributed by atoms with van der Waals surface area (Å²) in [4.78, 5) is 16.4. The molecule has 134 valence electrons. The van der Waals surface area contributed by atoms with E-state index in [1.54, 1.807) is 7.11 Å². The van der Waals surface area contributed by atoms with Crippen molar-refractivity contribution in [3.8, 4) is 0 Å². The number of benzene rings is 1. The summed E-state index contributed by atoms with van der Waals surface area (Å²) >= 11 is 0. The van der Waals surface area contributed by atoms with E-state index in [0.717, 1.165) is 17.7 Å². The van der Waals surface area contributed by atoms with Crippen LogP contribution in [0.3, 0.4) is 0 Å². The van der Waals surface area contributed by atoms with Crippen LogP contribution in [0, 0.1) is 0 Å². The van der Waals surface area contributed by atoms with Crippen LogP contribution < -0.4 is 16.0 Å². The van der Waals surface area contributed by atoms with Crippen molar-refractivity contribution in [2.45, 2.75) is 46.4 Å². The second-order valence-corrected chi connectivity index (χ2v) is 6.60. The molecule has 0 bridgehead atoms. The maximum absolute atomic E-state index is 11.9. The zero-order valence-corrected chi connectivity index (χ0v) is 15.4. The van der Waals surface area contributed by atoms with Gasteiger partial charge in [0.05, 0.1) is 19.7 Å². The monoisotopic (exact) mass is 334 g/mol. The molecule has 0 heterocycles. The first kappa shape index (κ1) is 20.0. The number of nitrogens with zero attached hydrogens (tertiary/aromatic N) is 1. The molecular weight excluding hydrogens is 304 g/mol. The van der Waals surface area contributed by atoms with Crippen LogP contribution in [0.5, 0.6) is 0 Å². The third-order valence-electron chi connectivity index (χ3n) is 3.00. The molecule has 0 aliphatic heterocycles. The van der Waals surface area contributed by atoms with Gasteiger partial charge in [-0.15, -0.1) is 0 Å². The van der Waals surface area contributed by atoms with Crippen LogP contribution in [0.4, 0.5) is 0 Å². The van der Waals surface area contributed by atoms with Crippen molar-refractivity contribution in [3.05, 3.63) is 35.4 Å². The van der Waals surface area contributed by atoms with Crippen molar-refractivity contribution in [1.29, 1.82) is 0 Å². The average Bonchev–Trinajstić information content (AvgIpc) is 2.49. The van der Waals surface area contributed by atoms with E-state index in [9.17, 15) is 4.79 Å². The molecule has 1 aromatic carbocycles. The number of aliphatic imine (C=N–C) groups is 1. The van der Waals surface area contributed by atoms with E-state index >= 15 is 0 Å². The van der Waals surface area contributed by atoms with Crippen molar-refractivity contribution in [2.24, 2.45) is 4.99 Å². The van der Waals surface area contributed by atoms with Crippen LogP contribution in [0.1, 0.15) is 38.8 Å². The fourth-order valence-corrected chi connectivity index (χ4v) is 2.12. The van der Waals surface area contributed by atoms with E-state index in [4.69, 9.17) is 4.74 Å². The predicted molar refractivity (Wildman–Crippen MR) is 97.9 cm³/mol. The summed E-state index contributed by atoms with van der Waals surface area (Å²) in [7, 11) is 1.68. The Labute approximate surface area is 145 Å². The number of guanidine groups is 1. The molecular formula is C18H30N4O2. The van der Waals surface area contributed by atoms with Gasteiger partial charge in [-0.2, -0.15) is 0 Å². The summed E-state index contributed by atoms with van der Waals surface area (Å²) in [5.74, 6) is 0.564. The number of carbonyl (C=O) groups excluding carboxylic acids is 1. The molecule has 0 atom stereocenters. The molecule has 0 radical (unpaired) electrons. The normalized spacial score (nSPS) is 12.0. The van der Waals surface area contributed by atoms with E-state index in [1.165, 1.54) is 0 Å². The number of amides is 1. The lowest BCUT2D eigenvalue weighted by molar-refractivity contribution is -0.121. The van der Waals surface area contributed by atoms with Crippen LogP contribution in [-0.2, 0) is 22.7 Å². The number of rotatable bonds is 7. The summed E-state index contributed by atoms with van der Waals surface area (Å²) in [5, 5.41) is 9.11. The van der Waals surface area contributed by atoms with Gasteiger partial charge in [0.15, 0.2) is 5.96 Å². The fraction of sp³-hybridized carbons (Fsp3) is 0.556. The molecule has 0 aliphatic carbocycles. The standard InChI is InChI=1S/C18H30N4O2/c1-6-19-17(21-12-16(23)22-18(2,3)4)20-11-14-8-7-9-15(10-14)13-24-5/h7-10H,6,11-13H2,1-5H3,(H,22,23)(H2,19,20,21). The molecule has 1 aromatic rings. The number of hydrogen-bond acceptors (Lipinski definition) is 3. The first-order valence-electron chi connectivity index (χ1n) is 8.24. The van der Waals surface area contributed by atoms with Gasteiger partial charge in [0.1, 0.15) is 0 Å². The Morgan fingerprint density at radius 3 is 2.54 bits per heavy atom. The lowest BCUT2D eigenvalue weighted by Gasteiger charge is -2.21. The minimum atomic E-state index is -0.240. The van der Waals surface area contributed by atoms with Gasteiger partial charge in [-0.1, -0.05) is 24.3 Å². The Morgan fingerprint density at radius 2 is 1.92 bits per heavy atom. The van der Waals surface area contributed by atoms with Crippen molar-refractivity contribution < 1.29 is 9.53 Å². The Bertz CT molecular complexity index is 550. The molecule has 0 unspecified atom stereocenters. The molecule has 0 fully saturated rings. The first-order chi connectivity index (χ1) is 11.3. The quantitative estimate of drug-likeness (QED) is 0.525. The molecule has 1 amide bonds. The lowest BCUT2D eigenvalue weighted by Crippen LogP contribution is -2.48. The minimum absolute atomic E-state index is 0.0600. The largest absolute Gasteiger partial charge is 0.380 e. The van der Waals surface area contributed by atoms with Gasteiger partial charge in [-0.3, -0.25) is 4.79 Å². The number of methoxy groups -OCH3 is 1. The number of nitrogens with one attached hydrogen (secondary N) is 3. The van der Waals surface area contributed by atoms with Gasteiger partial charge in [0.2, 0.25) is 5.91 Å². The van der Waals surface area contributed by atoms with Crippen molar-refractivity contribution in [2.75, 3.05) is 20.2 Å². The third-order valence-corrected chi connectivity index (χ3v) is 3.00. The minimum Gasteiger partial charge on any atom is -0.380 e. The number of ether oxygens (including phenoxy) is 1. The zero-order chi connectivity index (χ0) is 18.0. The van der Waals surface area contributed by atoms with Gasteiger partial charge in [-0.05, 0) is 38.8 Å². The fourth-order valence-electron chi connectivity index (χ4n) is 2.12. The molecule has 24 heavy (non-hydrogen) atoms. The molecule has 0 aliphatic rings. The average molecular weight is 334 g/mol. The SMILES string of the molecule is CCNC(=NCc1cccc(COC)c1)NCC(=O)NC(C)(C)C. The van der Waals surface area contributed by atoms with E-state index in [1.807, 2.05) is 45.9 Å². The second-order valence-electron chi connectivity index (χ2n) is 6.60. The highest BCUT2D eigenvalue weighted by molar-refractivity contribution is 5.86. The summed E-state index contributed by atoms with van der Waals surface area (Å²) in [6.07, 6.45) is 0. The summed E-state index contributed by atoms with van der Waals surface area (Å²) in [5.41, 5.74) is 1.98. The molecule has 1 rings (SSSR count). The Hall–Kier alpha value is -2.08. The van der Waals surface area contributed by atoms with E-state index in [2.05, 4.69) is 27.0 Å². The van der Waals surface area contributed by atoms with E-state index in [0.29, 0.717) is 19.1 Å². The van der Waals surface area contributed by atoms with Crippen LogP contribution in [0.25, 0.3) is 0 Å².